The summed E-state index contributed by atoms with van der Waals surface area (Å²) in [7, 11) is 1.61. The van der Waals surface area contributed by atoms with Gasteiger partial charge in [-0.05, 0) is 54.6 Å². The van der Waals surface area contributed by atoms with Crippen LogP contribution in [0, 0.1) is 0 Å². The van der Waals surface area contributed by atoms with Crippen molar-refractivity contribution in [1.82, 2.24) is 19.7 Å². The van der Waals surface area contributed by atoms with Gasteiger partial charge in [-0.3, -0.25) is 14.8 Å². The van der Waals surface area contributed by atoms with Crippen molar-refractivity contribution in [3.63, 3.8) is 0 Å². The molecule has 0 aliphatic rings. The van der Waals surface area contributed by atoms with E-state index >= 15 is 0 Å². The molecular weight excluding hydrogens is 407 g/mol. The van der Waals surface area contributed by atoms with Gasteiger partial charge in [0.25, 0.3) is 5.91 Å². The van der Waals surface area contributed by atoms with E-state index in [1.807, 2.05) is 0 Å². The van der Waals surface area contributed by atoms with Gasteiger partial charge in [-0.2, -0.15) is 18.3 Å². The van der Waals surface area contributed by atoms with Crippen LogP contribution in [0.4, 0.5) is 18.9 Å². The highest BCUT2D eigenvalue weighted by molar-refractivity contribution is 6.05. The van der Waals surface area contributed by atoms with E-state index < -0.39 is 11.9 Å². The zero-order valence-corrected chi connectivity index (χ0v) is 16.3. The summed E-state index contributed by atoms with van der Waals surface area (Å²) in [5, 5.41) is 4.13. The number of aromatic nitrogens is 4. The Bertz CT molecular complexity index is 1190. The molecule has 0 aliphatic carbocycles. The molecule has 4 aromatic rings. The molecule has 3 heterocycles. The van der Waals surface area contributed by atoms with Crippen molar-refractivity contribution in [2.45, 2.75) is 6.18 Å². The molecule has 0 bridgehead atoms. The summed E-state index contributed by atoms with van der Waals surface area (Å²) >= 11 is 0. The summed E-state index contributed by atoms with van der Waals surface area (Å²) in [4.78, 5) is 22.0. The molecule has 156 valence electrons. The second kappa shape index (κ2) is 8.02. The molecule has 9 heteroatoms. The number of benzene rings is 1. The first-order valence-electron chi connectivity index (χ1n) is 9.21. The van der Waals surface area contributed by atoms with Gasteiger partial charge in [0.2, 0.25) is 0 Å². The van der Waals surface area contributed by atoms with Gasteiger partial charge >= 0.3 is 6.18 Å². The zero-order valence-electron chi connectivity index (χ0n) is 16.3. The topological polar surface area (TPSA) is 63.9 Å². The van der Waals surface area contributed by atoms with E-state index in [2.05, 4.69) is 15.1 Å². The summed E-state index contributed by atoms with van der Waals surface area (Å²) in [5.74, 6) is -0.301. The maximum absolute atomic E-state index is 13.6. The third-order valence-corrected chi connectivity index (χ3v) is 4.67. The van der Waals surface area contributed by atoms with E-state index in [0.717, 1.165) is 10.7 Å². The van der Waals surface area contributed by atoms with Crippen molar-refractivity contribution in [2.75, 3.05) is 11.9 Å². The van der Waals surface area contributed by atoms with Gasteiger partial charge in [-0.25, -0.2) is 4.68 Å². The molecule has 3 aromatic heterocycles. The average molecular weight is 423 g/mol. The molecule has 0 radical (unpaired) electrons. The number of rotatable bonds is 4. The zero-order chi connectivity index (χ0) is 22.0. The molecule has 4 rings (SSSR count). The van der Waals surface area contributed by atoms with E-state index in [0.29, 0.717) is 16.8 Å². The van der Waals surface area contributed by atoms with Gasteiger partial charge in [0.1, 0.15) is 5.69 Å². The standard InChI is InChI=1S/C22H16F3N5O/c1-29(17-8-11-26-12-9-17)21(31)15-4-6-18(7-5-15)30-20(22(23,24)25)13-19(28-30)16-3-2-10-27-14-16/h2-14H,1H3. The lowest BCUT2D eigenvalue weighted by atomic mass is 10.1. The normalized spacial score (nSPS) is 11.4. The number of anilines is 1. The van der Waals surface area contributed by atoms with Crippen molar-refractivity contribution in [2.24, 2.45) is 0 Å². The van der Waals surface area contributed by atoms with Crippen molar-refractivity contribution < 1.29 is 18.0 Å². The van der Waals surface area contributed by atoms with Crippen molar-refractivity contribution in [3.8, 4) is 16.9 Å². The fourth-order valence-electron chi connectivity index (χ4n) is 3.06. The molecule has 1 aromatic carbocycles. The van der Waals surface area contributed by atoms with Crippen LogP contribution in [0.25, 0.3) is 16.9 Å². The van der Waals surface area contributed by atoms with Crippen LogP contribution >= 0.6 is 0 Å². The molecule has 0 aliphatic heterocycles. The van der Waals surface area contributed by atoms with Crippen molar-refractivity contribution in [1.29, 1.82) is 0 Å². The minimum atomic E-state index is -4.61. The van der Waals surface area contributed by atoms with Crippen LogP contribution in [0.1, 0.15) is 16.1 Å². The van der Waals surface area contributed by atoms with E-state index in [9.17, 15) is 18.0 Å². The van der Waals surface area contributed by atoms with Crippen molar-refractivity contribution in [3.05, 3.63) is 90.6 Å². The minimum Gasteiger partial charge on any atom is -0.311 e. The first-order valence-corrected chi connectivity index (χ1v) is 9.21. The maximum Gasteiger partial charge on any atom is 0.433 e. The lowest BCUT2D eigenvalue weighted by Gasteiger charge is -2.17. The van der Waals surface area contributed by atoms with Crippen LogP contribution in [0.15, 0.2) is 79.4 Å². The van der Waals surface area contributed by atoms with Crippen LogP contribution in [-0.2, 0) is 6.18 Å². The maximum atomic E-state index is 13.6. The van der Waals surface area contributed by atoms with Gasteiger partial charge in [-0.1, -0.05) is 0 Å². The number of carbonyl (C=O) groups is 1. The lowest BCUT2D eigenvalue weighted by molar-refractivity contribution is -0.142. The number of alkyl halides is 3. The number of carbonyl (C=O) groups excluding carboxylic acids is 1. The second-order valence-electron chi connectivity index (χ2n) is 6.68. The van der Waals surface area contributed by atoms with Crippen LogP contribution < -0.4 is 4.90 Å². The van der Waals surface area contributed by atoms with Gasteiger partial charge in [0.15, 0.2) is 0 Å². The number of hydrogen-bond acceptors (Lipinski definition) is 4. The molecule has 0 fully saturated rings. The predicted molar refractivity (Wildman–Crippen MR) is 109 cm³/mol. The van der Waals surface area contributed by atoms with E-state index in [1.54, 1.807) is 43.7 Å². The molecule has 1 amide bonds. The Labute approximate surface area is 175 Å². The Hall–Kier alpha value is -4.01. The summed E-state index contributed by atoms with van der Waals surface area (Å²) in [6.45, 7) is 0. The molecule has 0 N–H and O–H groups in total. The number of amides is 1. The molecular formula is C22H16F3N5O. The Balaban J connectivity index is 1.67. The largest absolute Gasteiger partial charge is 0.433 e. The summed E-state index contributed by atoms with van der Waals surface area (Å²) in [5.41, 5.74) is 0.869. The summed E-state index contributed by atoms with van der Waals surface area (Å²) < 4.78 is 41.7. The predicted octanol–water partition coefficient (Wildman–Crippen LogP) is 4.62. The smallest absolute Gasteiger partial charge is 0.311 e. The quantitative estimate of drug-likeness (QED) is 0.480. The fourth-order valence-corrected chi connectivity index (χ4v) is 3.06. The summed E-state index contributed by atoms with van der Waals surface area (Å²) in [6, 6.07) is 13.4. The molecule has 0 spiro atoms. The average Bonchev–Trinajstić information content (AvgIpc) is 3.26. The third-order valence-electron chi connectivity index (χ3n) is 4.67. The van der Waals surface area contributed by atoms with Gasteiger partial charge in [0, 0.05) is 48.6 Å². The minimum absolute atomic E-state index is 0.151. The van der Waals surface area contributed by atoms with Gasteiger partial charge < -0.3 is 4.90 Å². The first-order chi connectivity index (χ1) is 14.8. The highest BCUT2D eigenvalue weighted by Crippen LogP contribution is 2.34. The highest BCUT2D eigenvalue weighted by Gasteiger charge is 2.36. The van der Waals surface area contributed by atoms with E-state index in [4.69, 9.17) is 0 Å². The van der Waals surface area contributed by atoms with Crippen molar-refractivity contribution >= 4 is 11.6 Å². The Kier molecular flexibility index (Phi) is 5.24. The van der Waals surface area contributed by atoms with Crippen LogP contribution in [-0.4, -0.2) is 32.7 Å². The Morgan fingerprint density at radius 2 is 1.68 bits per heavy atom. The summed E-state index contributed by atoms with van der Waals surface area (Å²) in [6.07, 6.45) is 1.51. The number of hydrogen-bond donors (Lipinski definition) is 0. The van der Waals surface area contributed by atoms with Crippen LogP contribution in [0.3, 0.4) is 0 Å². The molecule has 0 unspecified atom stereocenters. The second-order valence-corrected chi connectivity index (χ2v) is 6.68. The van der Waals surface area contributed by atoms with E-state index in [1.165, 1.54) is 41.6 Å². The highest BCUT2D eigenvalue weighted by atomic mass is 19.4. The van der Waals surface area contributed by atoms with Crippen LogP contribution in [0.2, 0.25) is 0 Å². The molecule has 31 heavy (non-hydrogen) atoms. The number of nitrogens with zero attached hydrogens (tertiary/aromatic N) is 5. The van der Waals surface area contributed by atoms with Gasteiger partial charge in [-0.15, -0.1) is 0 Å². The third kappa shape index (κ3) is 4.16. The Morgan fingerprint density at radius 1 is 0.968 bits per heavy atom. The van der Waals surface area contributed by atoms with E-state index in [-0.39, 0.29) is 17.3 Å². The molecule has 6 nitrogen and oxygen atoms in total. The molecule has 0 atom stereocenters. The lowest BCUT2D eigenvalue weighted by Crippen LogP contribution is -2.26. The number of pyridine rings is 2. The monoisotopic (exact) mass is 423 g/mol. The molecule has 0 saturated carbocycles. The SMILES string of the molecule is CN(C(=O)c1ccc(-n2nc(-c3cccnc3)cc2C(F)(F)F)cc1)c1ccncc1. The first kappa shape index (κ1) is 20.3. The van der Waals surface area contributed by atoms with Gasteiger partial charge in [0.05, 0.1) is 11.4 Å². The molecule has 0 saturated heterocycles. The fraction of sp³-hybridized carbons (Fsp3) is 0.0909. The number of halogens is 3. The Morgan fingerprint density at radius 3 is 2.29 bits per heavy atom. The van der Waals surface area contributed by atoms with Crippen LogP contribution in [0.5, 0.6) is 0 Å².